The molecular formula is C19H22FN. The van der Waals surface area contributed by atoms with Crippen LogP contribution in [0.15, 0.2) is 54.1 Å². The zero-order valence-corrected chi connectivity index (χ0v) is 12.9. The van der Waals surface area contributed by atoms with Crippen molar-refractivity contribution in [2.24, 2.45) is 5.92 Å². The van der Waals surface area contributed by atoms with Gasteiger partial charge in [-0.25, -0.2) is 4.39 Å². The number of hydrogen-bond donors (Lipinski definition) is 1. The molecule has 1 nitrogen and oxygen atoms in total. The molecule has 2 heteroatoms. The minimum atomic E-state index is -0.222. The summed E-state index contributed by atoms with van der Waals surface area (Å²) in [7, 11) is 0. The fraction of sp³-hybridized carbons (Fsp3) is 0.263. The first-order chi connectivity index (χ1) is 9.99. The van der Waals surface area contributed by atoms with Crippen LogP contribution in [0, 0.1) is 11.7 Å². The Kier molecular flexibility index (Phi) is 4.79. The highest BCUT2D eigenvalue weighted by molar-refractivity contribution is 5.87. The lowest BCUT2D eigenvalue weighted by molar-refractivity contribution is 0.627. The molecule has 0 saturated carbocycles. The molecule has 0 amide bonds. The molecule has 0 atom stereocenters. The molecule has 0 fully saturated rings. The van der Waals surface area contributed by atoms with E-state index in [-0.39, 0.29) is 5.82 Å². The van der Waals surface area contributed by atoms with Crippen molar-refractivity contribution in [1.82, 2.24) is 0 Å². The highest BCUT2D eigenvalue weighted by Crippen LogP contribution is 2.33. The molecule has 0 aliphatic carbocycles. The standard InChI is InChI=1S/C19H22FN/c1-13(2)12-14(3)19(15-8-10-16(20)11-9-15)17-6-4-5-7-18(17)21/h4-11,13H,12,21H2,1-3H3/b19-14-. The Morgan fingerprint density at radius 1 is 1.05 bits per heavy atom. The van der Waals surface area contributed by atoms with Crippen molar-refractivity contribution in [1.29, 1.82) is 0 Å². The molecule has 21 heavy (non-hydrogen) atoms. The van der Waals surface area contributed by atoms with E-state index in [1.54, 1.807) is 0 Å². The van der Waals surface area contributed by atoms with Gasteiger partial charge in [0.25, 0.3) is 0 Å². The van der Waals surface area contributed by atoms with E-state index in [1.807, 2.05) is 36.4 Å². The Bertz CT molecular complexity index is 639. The molecule has 0 radical (unpaired) electrons. The number of allylic oxidation sites excluding steroid dienone is 1. The van der Waals surface area contributed by atoms with Gasteiger partial charge in [0.05, 0.1) is 0 Å². The lowest BCUT2D eigenvalue weighted by atomic mass is 9.89. The Balaban J connectivity index is 2.60. The van der Waals surface area contributed by atoms with Crippen molar-refractivity contribution in [3.05, 3.63) is 71.0 Å². The minimum absolute atomic E-state index is 0.222. The Morgan fingerprint density at radius 3 is 2.24 bits per heavy atom. The predicted molar refractivity (Wildman–Crippen MR) is 88.4 cm³/mol. The smallest absolute Gasteiger partial charge is 0.123 e. The molecule has 0 spiro atoms. The SMILES string of the molecule is C/C(CC(C)C)=C(\c1ccc(F)cc1)c1ccccc1N. The zero-order valence-electron chi connectivity index (χ0n) is 12.9. The van der Waals surface area contributed by atoms with E-state index in [4.69, 9.17) is 5.73 Å². The van der Waals surface area contributed by atoms with Crippen LogP contribution < -0.4 is 5.73 Å². The van der Waals surface area contributed by atoms with Crippen LogP contribution in [0.3, 0.4) is 0 Å². The summed E-state index contributed by atoms with van der Waals surface area (Å²) >= 11 is 0. The van der Waals surface area contributed by atoms with E-state index in [9.17, 15) is 4.39 Å². The second kappa shape index (κ2) is 6.57. The molecule has 0 unspecified atom stereocenters. The van der Waals surface area contributed by atoms with Crippen LogP contribution in [-0.2, 0) is 0 Å². The molecule has 2 rings (SSSR count). The fourth-order valence-corrected chi connectivity index (χ4v) is 2.69. The normalized spacial score (nSPS) is 12.4. The van der Waals surface area contributed by atoms with E-state index in [1.165, 1.54) is 17.7 Å². The fourth-order valence-electron chi connectivity index (χ4n) is 2.69. The topological polar surface area (TPSA) is 26.0 Å². The quantitative estimate of drug-likeness (QED) is 0.759. The average Bonchev–Trinajstić information content (AvgIpc) is 2.42. The van der Waals surface area contributed by atoms with Gasteiger partial charge in [-0.05, 0) is 48.6 Å². The maximum Gasteiger partial charge on any atom is 0.123 e. The molecule has 0 heterocycles. The van der Waals surface area contributed by atoms with Crippen LogP contribution >= 0.6 is 0 Å². The van der Waals surface area contributed by atoms with Gasteiger partial charge in [0.15, 0.2) is 0 Å². The maximum absolute atomic E-state index is 13.2. The van der Waals surface area contributed by atoms with Gasteiger partial charge in [0.1, 0.15) is 5.82 Å². The number of anilines is 1. The Hall–Kier alpha value is -2.09. The first-order valence-corrected chi connectivity index (χ1v) is 7.29. The Labute approximate surface area is 126 Å². The number of hydrogen-bond acceptors (Lipinski definition) is 1. The summed E-state index contributed by atoms with van der Waals surface area (Å²) in [4.78, 5) is 0. The second-order valence-electron chi connectivity index (χ2n) is 5.85. The van der Waals surface area contributed by atoms with Gasteiger partial charge < -0.3 is 5.73 Å². The molecule has 0 aromatic heterocycles. The predicted octanol–water partition coefficient (Wildman–Crippen LogP) is 5.28. The lowest BCUT2D eigenvalue weighted by Gasteiger charge is -2.17. The molecule has 0 saturated heterocycles. The van der Waals surface area contributed by atoms with E-state index >= 15 is 0 Å². The van der Waals surface area contributed by atoms with Crippen molar-refractivity contribution in [2.45, 2.75) is 27.2 Å². The zero-order chi connectivity index (χ0) is 15.4. The molecule has 110 valence electrons. The van der Waals surface area contributed by atoms with Crippen molar-refractivity contribution >= 4 is 11.3 Å². The van der Waals surface area contributed by atoms with Crippen LogP contribution in [0.5, 0.6) is 0 Å². The number of para-hydroxylation sites is 1. The number of rotatable bonds is 4. The summed E-state index contributed by atoms with van der Waals surface area (Å²) in [5, 5.41) is 0. The average molecular weight is 283 g/mol. The summed E-state index contributed by atoms with van der Waals surface area (Å²) in [5.41, 5.74) is 11.3. The van der Waals surface area contributed by atoms with Crippen LogP contribution in [0.2, 0.25) is 0 Å². The van der Waals surface area contributed by atoms with E-state index in [2.05, 4.69) is 20.8 Å². The van der Waals surface area contributed by atoms with Gasteiger partial charge in [-0.15, -0.1) is 0 Å². The summed E-state index contributed by atoms with van der Waals surface area (Å²) in [6.07, 6.45) is 0.987. The summed E-state index contributed by atoms with van der Waals surface area (Å²) in [6.45, 7) is 6.52. The molecule has 2 N–H and O–H groups in total. The molecular weight excluding hydrogens is 261 g/mol. The highest BCUT2D eigenvalue weighted by atomic mass is 19.1. The van der Waals surface area contributed by atoms with Gasteiger partial charge in [-0.1, -0.05) is 49.8 Å². The van der Waals surface area contributed by atoms with Gasteiger partial charge in [-0.3, -0.25) is 0 Å². The highest BCUT2D eigenvalue weighted by Gasteiger charge is 2.12. The number of nitrogens with two attached hydrogens (primary N) is 1. The van der Waals surface area contributed by atoms with Gasteiger partial charge in [0, 0.05) is 11.3 Å². The third-order valence-electron chi connectivity index (χ3n) is 3.50. The maximum atomic E-state index is 13.2. The molecule has 2 aromatic carbocycles. The number of halogens is 1. The van der Waals surface area contributed by atoms with E-state index in [0.717, 1.165) is 28.8 Å². The van der Waals surface area contributed by atoms with E-state index < -0.39 is 0 Å². The summed E-state index contributed by atoms with van der Waals surface area (Å²) < 4.78 is 13.2. The van der Waals surface area contributed by atoms with Crippen molar-refractivity contribution < 1.29 is 4.39 Å². The van der Waals surface area contributed by atoms with Gasteiger partial charge >= 0.3 is 0 Å². The van der Waals surface area contributed by atoms with Gasteiger partial charge in [-0.2, -0.15) is 0 Å². The van der Waals surface area contributed by atoms with Crippen molar-refractivity contribution in [2.75, 3.05) is 5.73 Å². The van der Waals surface area contributed by atoms with Crippen LogP contribution in [0.1, 0.15) is 38.3 Å². The molecule has 2 aromatic rings. The number of nitrogen functional groups attached to an aromatic ring is 1. The molecule has 0 aliphatic rings. The number of benzene rings is 2. The summed E-state index contributed by atoms with van der Waals surface area (Å²) in [6, 6.07) is 14.5. The molecule has 0 bridgehead atoms. The monoisotopic (exact) mass is 283 g/mol. The van der Waals surface area contributed by atoms with Crippen molar-refractivity contribution in [3.8, 4) is 0 Å². The third-order valence-corrected chi connectivity index (χ3v) is 3.50. The van der Waals surface area contributed by atoms with Crippen LogP contribution in [0.4, 0.5) is 10.1 Å². The van der Waals surface area contributed by atoms with Crippen LogP contribution in [-0.4, -0.2) is 0 Å². The second-order valence-corrected chi connectivity index (χ2v) is 5.85. The third kappa shape index (κ3) is 3.72. The van der Waals surface area contributed by atoms with Crippen LogP contribution in [0.25, 0.3) is 5.57 Å². The molecule has 0 aliphatic heterocycles. The first kappa shape index (κ1) is 15.3. The van der Waals surface area contributed by atoms with Crippen molar-refractivity contribution in [3.63, 3.8) is 0 Å². The summed E-state index contributed by atoms with van der Waals surface area (Å²) in [5.74, 6) is 0.339. The van der Waals surface area contributed by atoms with Gasteiger partial charge in [0.2, 0.25) is 0 Å². The largest absolute Gasteiger partial charge is 0.398 e. The first-order valence-electron chi connectivity index (χ1n) is 7.29. The lowest BCUT2D eigenvalue weighted by Crippen LogP contribution is -2.00. The minimum Gasteiger partial charge on any atom is -0.398 e. The van der Waals surface area contributed by atoms with E-state index in [0.29, 0.717) is 5.92 Å². The Morgan fingerprint density at radius 2 is 1.67 bits per heavy atom.